The normalized spacial score (nSPS) is 15.7. The lowest BCUT2D eigenvalue weighted by atomic mass is 10.00. The first kappa shape index (κ1) is 33.4. The number of piperidine rings is 2. The number of aryl methyl sites for hydroxylation is 1. The van der Waals surface area contributed by atoms with Gasteiger partial charge in [-0.3, -0.25) is 9.59 Å². The lowest BCUT2D eigenvalue weighted by molar-refractivity contribution is -0.128. The van der Waals surface area contributed by atoms with E-state index in [-0.39, 0.29) is 24.0 Å². The number of likely N-dealkylation sites (tertiary alicyclic amines) is 2. The summed E-state index contributed by atoms with van der Waals surface area (Å²) in [6.07, 6.45) is 9.25. The third-order valence-electron chi connectivity index (χ3n) is 8.81. The van der Waals surface area contributed by atoms with Crippen LogP contribution < -0.4 is 14.2 Å². The second kappa shape index (κ2) is 15.6. The maximum Gasteiger partial charge on any atom is 0.246 e. The molecule has 4 aromatic rings. The molecular weight excluding hydrogens is 622 g/mol. The van der Waals surface area contributed by atoms with Crippen molar-refractivity contribution in [2.45, 2.75) is 51.4 Å². The molecule has 0 bridgehead atoms. The summed E-state index contributed by atoms with van der Waals surface area (Å²) in [5.74, 6) is 2.35. The second-order valence-corrected chi connectivity index (χ2v) is 12.0. The van der Waals surface area contributed by atoms with Gasteiger partial charge in [0.05, 0.1) is 13.7 Å². The van der Waals surface area contributed by atoms with Gasteiger partial charge in [-0.25, -0.2) is 4.98 Å². The van der Waals surface area contributed by atoms with Gasteiger partial charge in [0, 0.05) is 86.9 Å². The summed E-state index contributed by atoms with van der Waals surface area (Å²) in [4.78, 5) is 35.1. The van der Waals surface area contributed by atoms with E-state index in [0.29, 0.717) is 63.0 Å². The van der Waals surface area contributed by atoms with Crippen molar-refractivity contribution in [3.05, 3.63) is 85.1 Å². The van der Waals surface area contributed by atoms with Crippen LogP contribution in [0.25, 0.3) is 28.6 Å². The van der Waals surface area contributed by atoms with E-state index in [1.54, 1.807) is 35.2 Å². The fourth-order valence-electron chi connectivity index (χ4n) is 6.09. The number of carbonyl (C=O) groups is 2. The SMILES string of the molecule is C=CC(=O)N1CCC(Oc2cc(-c3ccccc3OC)c(/C=C/C(=O)N3CCC(Oc4cccc(-c5nnn(CC)n5)c4)CC3)cn2)CC1. The topological polar surface area (TPSA) is 125 Å². The number of aromatic nitrogens is 5. The van der Waals surface area contributed by atoms with E-state index < -0.39 is 0 Å². The molecule has 0 radical (unpaired) electrons. The van der Waals surface area contributed by atoms with Crippen molar-refractivity contribution in [2.24, 2.45) is 0 Å². The van der Waals surface area contributed by atoms with Gasteiger partial charge in [-0.2, -0.15) is 4.80 Å². The van der Waals surface area contributed by atoms with Gasteiger partial charge in [0.25, 0.3) is 0 Å². The highest BCUT2D eigenvalue weighted by Gasteiger charge is 2.25. The molecule has 0 atom stereocenters. The van der Waals surface area contributed by atoms with Gasteiger partial charge in [0.1, 0.15) is 23.7 Å². The van der Waals surface area contributed by atoms with Gasteiger partial charge in [0.2, 0.25) is 23.5 Å². The minimum absolute atomic E-state index is 0.00818. The van der Waals surface area contributed by atoms with Crippen LogP contribution in [0, 0.1) is 0 Å². The predicted octanol–water partition coefficient (Wildman–Crippen LogP) is 5.07. The van der Waals surface area contributed by atoms with Crippen LogP contribution in [0.5, 0.6) is 17.4 Å². The van der Waals surface area contributed by atoms with Gasteiger partial charge < -0.3 is 24.0 Å². The Bertz CT molecular complexity index is 1810. The van der Waals surface area contributed by atoms with E-state index in [2.05, 4.69) is 27.0 Å². The van der Waals surface area contributed by atoms with Gasteiger partial charge in [-0.05, 0) is 48.1 Å². The quantitative estimate of drug-likeness (QED) is 0.202. The summed E-state index contributed by atoms with van der Waals surface area (Å²) < 4.78 is 18.2. The highest BCUT2D eigenvalue weighted by atomic mass is 16.5. The number of carbonyl (C=O) groups excluding carboxylic acids is 2. The summed E-state index contributed by atoms with van der Waals surface area (Å²) >= 11 is 0. The Hall–Kier alpha value is -5.52. The number of hydrogen-bond donors (Lipinski definition) is 0. The Labute approximate surface area is 286 Å². The Morgan fingerprint density at radius 1 is 0.898 bits per heavy atom. The fourth-order valence-corrected chi connectivity index (χ4v) is 6.09. The Kier molecular flexibility index (Phi) is 10.6. The first-order valence-corrected chi connectivity index (χ1v) is 16.7. The minimum Gasteiger partial charge on any atom is -0.496 e. The van der Waals surface area contributed by atoms with E-state index in [1.807, 2.05) is 66.4 Å². The van der Waals surface area contributed by atoms with Crippen molar-refractivity contribution >= 4 is 17.9 Å². The number of rotatable bonds is 11. The molecule has 0 spiro atoms. The molecule has 0 unspecified atom stereocenters. The zero-order valence-corrected chi connectivity index (χ0v) is 27.9. The Balaban J connectivity index is 1.10. The van der Waals surface area contributed by atoms with E-state index in [4.69, 9.17) is 14.2 Å². The minimum atomic E-state index is -0.0716. The van der Waals surface area contributed by atoms with Gasteiger partial charge >= 0.3 is 0 Å². The number of para-hydroxylation sites is 1. The van der Waals surface area contributed by atoms with Gasteiger partial charge in [-0.1, -0.05) is 36.9 Å². The van der Waals surface area contributed by atoms with Gasteiger partial charge in [-0.15, -0.1) is 10.2 Å². The summed E-state index contributed by atoms with van der Waals surface area (Å²) in [5.41, 5.74) is 3.32. The third kappa shape index (κ3) is 8.14. The second-order valence-electron chi connectivity index (χ2n) is 12.0. The molecule has 2 aromatic carbocycles. The van der Waals surface area contributed by atoms with Gasteiger partial charge in [0.15, 0.2) is 0 Å². The number of methoxy groups -OCH3 is 1. The Morgan fingerprint density at radius 3 is 2.31 bits per heavy atom. The maximum atomic E-state index is 13.3. The number of nitrogens with zero attached hydrogens (tertiary/aromatic N) is 7. The lowest BCUT2D eigenvalue weighted by Crippen LogP contribution is -2.41. The monoisotopic (exact) mass is 663 g/mol. The van der Waals surface area contributed by atoms with E-state index in [0.717, 1.165) is 40.8 Å². The van der Waals surface area contributed by atoms with Crippen LogP contribution in [0.15, 0.2) is 79.5 Å². The maximum absolute atomic E-state index is 13.3. The van der Waals surface area contributed by atoms with Crippen LogP contribution in [-0.4, -0.2) is 92.3 Å². The zero-order valence-electron chi connectivity index (χ0n) is 27.9. The van der Waals surface area contributed by atoms with E-state index in [9.17, 15) is 9.59 Å². The highest BCUT2D eigenvalue weighted by molar-refractivity contribution is 5.93. The molecule has 49 heavy (non-hydrogen) atoms. The molecule has 6 rings (SSSR count). The number of tetrazole rings is 1. The fraction of sp³-hybridized carbons (Fsp3) is 0.351. The van der Waals surface area contributed by atoms with Crippen molar-refractivity contribution in [3.63, 3.8) is 0 Å². The summed E-state index contributed by atoms with van der Waals surface area (Å²) in [7, 11) is 1.63. The number of hydrogen-bond acceptors (Lipinski definition) is 9. The van der Waals surface area contributed by atoms with Crippen LogP contribution in [0.1, 0.15) is 38.2 Å². The number of pyridine rings is 1. The molecule has 4 heterocycles. The van der Waals surface area contributed by atoms with Crippen molar-refractivity contribution in [1.29, 1.82) is 0 Å². The molecule has 0 N–H and O–H groups in total. The molecular formula is C37H41N7O5. The number of benzene rings is 2. The molecule has 2 saturated heterocycles. The molecule has 2 amide bonds. The average molecular weight is 664 g/mol. The first-order chi connectivity index (χ1) is 23.9. The molecule has 0 aliphatic carbocycles. The van der Waals surface area contributed by atoms with E-state index in [1.165, 1.54) is 6.08 Å². The molecule has 2 aliphatic rings. The summed E-state index contributed by atoms with van der Waals surface area (Å²) in [6.45, 7) is 8.58. The van der Waals surface area contributed by atoms with Crippen molar-refractivity contribution in [3.8, 4) is 39.9 Å². The zero-order chi connectivity index (χ0) is 34.2. The first-order valence-electron chi connectivity index (χ1n) is 16.7. The molecule has 2 aliphatic heterocycles. The summed E-state index contributed by atoms with van der Waals surface area (Å²) in [5, 5.41) is 12.6. The van der Waals surface area contributed by atoms with Crippen molar-refractivity contribution in [1.82, 2.24) is 35.0 Å². The third-order valence-corrected chi connectivity index (χ3v) is 8.81. The van der Waals surface area contributed by atoms with Crippen LogP contribution in [0.2, 0.25) is 0 Å². The molecule has 2 fully saturated rings. The van der Waals surface area contributed by atoms with E-state index >= 15 is 0 Å². The molecule has 254 valence electrons. The Morgan fingerprint density at radius 2 is 1.61 bits per heavy atom. The number of ether oxygens (including phenoxy) is 3. The highest BCUT2D eigenvalue weighted by Crippen LogP contribution is 2.35. The lowest BCUT2D eigenvalue weighted by Gasteiger charge is -2.31. The largest absolute Gasteiger partial charge is 0.496 e. The summed E-state index contributed by atoms with van der Waals surface area (Å²) in [6, 6.07) is 17.3. The van der Waals surface area contributed by atoms with Crippen LogP contribution >= 0.6 is 0 Å². The standard InChI is InChI=1S/C37H41N7O5/c1-4-35(45)42-19-17-29(18-20-42)49-34-24-32(31-11-6-7-12-33(31)47-3)27(25-38-34)13-14-36(46)43-21-15-28(16-22-43)48-30-10-8-9-26(23-30)37-39-41-44(5-2)40-37/h4,6-14,23-25,28-29H,1,5,15-22H2,2-3H3/b14-13+. The predicted molar refractivity (Wildman–Crippen MR) is 185 cm³/mol. The van der Waals surface area contributed by atoms with Crippen LogP contribution in [-0.2, 0) is 16.1 Å². The van der Waals surface area contributed by atoms with Crippen molar-refractivity contribution in [2.75, 3.05) is 33.3 Å². The van der Waals surface area contributed by atoms with Crippen LogP contribution in [0.4, 0.5) is 0 Å². The molecule has 12 nitrogen and oxygen atoms in total. The number of amides is 2. The average Bonchev–Trinajstić information content (AvgIpc) is 3.64. The molecule has 2 aromatic heterocycles. The molecule has 12 heteroatoms. The molecule has 0 saturated carbocycles. The van der Waals surface area contributed by atoms with Crippen LogP contribution in [0.3, 0.4) is 0 Å². The van der Waals surface area contributed by atoms with Crippen molar-refractivity contribution < 1.29 is 23.8 Å². The smallest absolute Gasteiger partial charge is 0.246 e.